The number of carbonyl (C=O) groups is 1. The van der Waals surface area contributed by atoms with Crippen LogP contribution < -0.4 is 10.6 Å². The average molecular weight is 282 g/mol. The number of carbonyl (C=O) groups excluding carboxylic acids is 1. The molecule has 2 rings (SSSR count). The van der Waals surface area contributed by atoms with E-state index in [1.165, 1.54) is 0 Å². The van der Waals surface area contributed by atoms with Gasteiger partial charge in [-0.25, -0.2) is 4.98 Å². The molecule has 5 heteroatoms. The van der Waals surface area contributed by atoms with Gasteiger partial charge in [0.15, 0.2) is 0 Å². The summed E-state index contributed by atoms with van der Waals surface area (Å²) in [6, 6.07) is 1.85. The lowest BCUT2D eigenvalue weighted by atomic mass is 9.77. The van der Waals surface area contributed by atoms with Crippen LogP contribution in [0.15, 0.2) is 12.3 Å². The molecular weight excluding hydrogens is 262 g/mol. The van der Waals surface area contributed by atoms with Crippen molar-refractivity contribution in [2.75, 3.05) is 18.4 Å². The molecule has 0 bridgehead atoms. The minimum atomic E-state index is -0.300. The second-order valence-electron chi connectivity index (χ2n) is 5.20. The van der Waals surface area contributed by atoms with Gasteiger partial charge >= 0.3 is 0 Å². The summed E-state index contributed by atoms with van der Waals surface area (Å²) in [6.45, 7) is 5.69. The van der Waals surface area contributed by atoms with Crippen LogP contribution in [0.2, 0.25) is 5.15 Å². The van der Waals surface area contributed by atoms with E-state index in [4.69, 9.17) is 11.6 Å². The molecule has 0 radical (unpaired) electrons. The Labute approximate surface area is 118 Å². The molecule has 1 aliphatic rings. The number of aryl methyl sites for hydroxylation is 1. The highest BCUT2D eigenvalue weighted by Gasteiger charge is 2.37. The van der Waals surface area contributed by atoms with E-state index in [0.29, 0.717) is 10.8 Å². The zero-order chi connectivity index (χ0) is 13.9. The molecule has 19 heavy (non-hydrogen) atoms. The molecule has 1 unspecified atom stereocenters. The summed E-state index contributed by atoms with van der Waals surface area (Å²) in [5, 5.41) is 6.76. The van der Waals surface area contributed by atoms with E-state index in [-0.39, 0.29) is 11.3 Å². The normalized spacial score (nSPS) is 23.1. The maximum Gasteiger partial charge on any atom is 0.231 e. The van der Waals surface area contributed by atoms with Gasteiger partial charge in [-0.05, 0) is 44.4 Å². The number of nitrogens with one attached hydrogen (secondary N) is 2. The van der Waals surface area contributed by atoms with Crippen LogP contribution in [0.25, 0.3) is 0 Å². The molecule has 1 fully saturated rings. The number of halogens is 1. The van der Waals surface area contributed by atoms with E-state index in [1.807, 2.05) is 13.0 Å². The Morgan fingerprint density at radius 3 is 3.00 bits per heavy atom. The van der Waals surface area contributed by atoms with Crippen molar-refractivity contribution in [3.63, 3.8) is 0 Å². The molecule has 104 valence electrons. The molecule has 1 saturated heterocycles. The summed E-state index contributed by atoms with van der Waals surface area (Å²) in [5.74, 6) is 0.0747. The third kappa shape index (κ3) is 3.07. The molecule has 1 atom stereocenters. The average Bonchev–Trinajstić information content (AvgIpc) is 2.43. The maximum atomic E-state index is 12.5. The Balaban J connectivity index is 2.12. The van der Waals surface area contributed by atoms with Crippen LogP contribution in [0.1, 0.15) is 31.7 Å². The summed E-state index contributed by atoms with van der Waals surface area (Å²) in [6.07, 6.45) is 4.42. The summed E-state index contributed by atoms with van der Waals surface area (Å²) >= 11 is 5.89. The Kier molecular flexibility index (Phi) is 4.42. The van der Waals surface area contributed by atoms with Gasteiger partial charge in [-0.3, -0.25) is 4.79 Å². The lowest BCUT2D eigenvalue weighted by molar-refractivity contribution is -0.126. The van der Waals surface area contributed by atoms with Crippen molar-refractivity contribution < 1.29 is 4.79 Å². The fraction of sp³-hybridized carbons (Fsp3) is 0.571. The summed E-state index contributed by atoms with van der Waals surface area (Å²) in [4.78, 5) is 16.6. The van der Waals surface area contributed by atoms with Gasteiger partial charge in [0.1, 0.15) is 5.15 Å². The van der Waals surface area contributed by atoms with Crippen LogP contribution in [0.5, 0.6) is 0 Å². The fourth-order valence-electron chi connectivity index (χ4n) is 2.51. The van der Waals surface area contributed by atoms with Crippen LogP contribution >= 0.6 is 11.6 Å². The third-order valence-electron chi connectivity index (χ3n) is 3.90. The van der Waals surface area contributed by atoms with E-state index in [9.17, 15) is 4.79 Å². The molecule has 0 aromatic carbocycles. The first-order chi connectivity index (χ1) is 9.07. The van der Waals surface area contributed by atoms with Crippen molar-refractivity contribution >= 4 is 23.2 Å². The van der Waals surface area contributed by atoms with Crippen molar-refractivity contribution in [1.29, 1.82) is 0 Å². The second kappa shape index (κ2) is 5.88. The number of anilines is 1. The highest BCUT2D eigenvalue weighted by molar-refractivity contribution is 6.30. The number of aromatic nitrogens is 1. The minimum absolute atomic E-state index is 0.0747. The number of amides is 1. The van der Waals surface area contributed by atoms with Gasteiger partial charge in [-0.2, -0.15) is 0 Å². The van der Waals surface area contributed by atoms with Gasteiger partial charge in [0.25, 0.3) is 0 Å². The number of rotatable bonds is 3. The minimum Gasteiger partial charge on any atom is -0.324 e. The van der Waals surface area contributed by atoms with Crippen LogP contribution in [0, 0.1) is 12.3 Å². The van der Waals surface area contributed by atoms with Crippen molar-refractivity contribution in [3.05, 3.63) is 23.0 Å². The fourth-order valence-corrected chi connectivity index (χ4v) is 2.62. The van der Waals surface area contributed by atoms with Crippen LogP contribution in [0.3, 0.4) is 0 Å². The number of hydrogen-bond donors (Lipinski definition) is 2. The predicted molar refractivity (Wildman–Crippen MR) is 77.4 cm³/mol. The number of hydrogen-bond acceptors (Lipinski definition) is 3. The van der Waals surface area contributed by atoms with E-state index >= 15 is 0 Å². The predicted octanol–water partition coefficient (Wildman–Crippen LogP) is 2.76. The van der Waals surface area contributed by atoms with Gasteiger partial charge < -0.3 is 10.6 Å². The Hall–Kier alpha value is -1.13. The largest absolute Gasteiger partial charge is 0.324 e. The topological polar surface area (TPSA) is 54.0 Å². The zero-order valence-corrected chi connectivity index (χ0v) is 12.2. The highest BCUT2D eigenvalue weighted by Crippen LogP contribution is 2.31. The van der Waals surface area contributed by atoms with E-state index < -0.39 is 0 Å². The zero-order valence-electron chi connectivity index (χ0n) is 11.4. The molecule has 2 heterocycles. The number of nitrogens with zero attached hydrogens (tertiary/aromatic N) is 1. The molecule has 1 aliphatic heterocycles. The second-order valence-corrected chi connectivity index (χ2v) is 5.56. The summed E-state index contributed by atoms with van der Waals surface area (Å²) in [7, 11) is 0. The van der Waals surface area contributed by atoms with Crippen molar-refractivity contribution in [3.8, 4) is 0 Å². The monoisotopic (exact) mass is 281 g/mol. The van der Waals surface area contributed by atoms with Crippen LogP contribution in [0.4, 0.5) is 5.69 Å². The van der Waals surface area contributed by atoms with Crippen LogP contribution in [-0.2, 0) is 4.79 Å². The number of pyridine rings is 1. The quantitative estimate of drug-likeness (QED) is 0.838. The Bertz CT molecular complexity index is 470. The summed E-state index contributed by atoms with van der Waals surface area (Å²) in [5.41, 5.74) is 1.28. The molecule has 1 aromatic rings. The Morgan fingerprint density at radius 2 is 2.42 bits per heavy atom. The van der Waals surface area contributed by atoms with Crippen molar-refractivity contribution in [1.82, 2.24) is 10.3 Å². The molecule has 0 spiro atoms. The molecule has 4 nitrogen and oxygen atoms in total. The van der Waals surface area contributed by atoms with Gasteiger partial charge in [0.2, 0.25) is 5.91 Å². The van der Waals surface area contributed by atoms with E-state index in [2.05, 4.69) is 22.5 Å². The lowest BCUT2D eigenvalue weighted by Crippen LogP contribution is -2.47. The number of piperidine rings is 1. The first kappa shape index (κ1) is 14.3. The van der Waals surface area contributed by atoms with Gasteiger partial charge in [-0.15, -0.1) is 0 Å². The molecule has 2 N–H and O–H groups in total. The summed E-state index contributed by atoms with van der Waals surface area (Å²) < 4.78 is 0. The first-order valence-electron chi connectivity index (χ1n) is 6.72. The van der Waals surface area contributed by atoms with E-state index in [0.717, 1.165) is 37.9 Å². The Morgan fingerprint density at radius 1 is 1.63 bits per heavy atom. The van der Waals surface area contributed by atoms with E-state index in [1.54, 1.807) is 6.20 Å². The molecule has 1 amide bonds. The molecular formula is C14H20ClN3O. The highest BCUT2D eigenvalue weighted by atomic mass is 35.5. The third-order valence-corrected chi connectivity index (χ3v) is 4.30. The van der Waals surface area contributed by atoms with Gasteiger partial charge in [0.05, 0.1) is 17.3 Å². The maximum absolute atomic E-state index is 12.5. The van der Waals surface area contributed by atoms with Crippen molar-refractivity contribution in [2.45, 2.75) is 33.1 Å². The molecule has 0 saturated carbocycles. The van der Waals surface area contributed by atoms with Gasteiger partial charge in [-0.1, -0.05) is 18.5 Å². The molecule has 0 aliphatic carbocycles. The standard InChI is InChI=1S/C14H20ClN3O/c1-3-14(5-4-6-16-9-14)13(19)18-11-7-10(2)12(15)17-8-11/h7-8,16H,3-6,9H2,1-2H3,(H,18,19). The van der Waals surface area contributed by atoms with Crippen molar-refractivity contribution in [2.24, 2.45) is 5.41 Å². The molecule has 1 aromatic heterocycles. The SMILES string of the molecule is CCC1(C(=O)Nc2cnc(Cl)c(C)c2)CCCNC1. The first-order valence-corrected chi connectivity index (χ1v) is 7.09. The van der Waals surface area contributed by atoms with Crippen LogP contribution in [-0.4, -0.2) is 24.0 Å². The lowest BCUT2D eigenvalue weighted by Gasteiger charge is -2.35. The van der Waals surface area contributed by atoms with Gasteiger partial charge in [0, 0.05) is 6.54 Å². The smallest absolute Gasteiger partial charge is 0.231 e.